The summed E-state index contributed by atoms with van der Waals surface area (Å²) in [5.74, 6) is 0. The SMILES string of the molecule is Brc1ccc(Br)c(NC2CCc3c(Br)cccc32)c1. The minimum Gasteiger partial charge on any atom is -0.377 e. The molecule has 3 rings (SSSR count). The van der Waals surface area contributed by atoms with Crippen LogP contribution in [0.2, 0.25) is 0 Å². The Kier molecular flexibility index (Phi) is 4.01. The first-order valence-electron chi connectivity index (χ1n) is 6.14. The first-order valence-corrected chi connectivity index (χ1v) is 8.52. The van der Waals surface area contributed by atoms with Gasteiger partial charge in [0.1, 0.15) is 0 Å². The van der Waals surface area contributed by atoms with E-state index in [1.54, 1.807) is 0 Å². The molecule has 1 nitrogen and oxygen atoms in total. The molecule has 1 aliphatic carbocycles. The van der Waals surface area contributed by atoms with Crippen LogP contribution < -0.4 is 5.32 Å². The minimum absolute atomic E-state index is 0.387. The Hall–Kier alpha value is -0.320. The molecular formula is C15H12Br3N. The van der Waals surface area contributed by atoms with Crippen LogP contribution in [0.1, 0.15) is 23.6 Å². The summed E-state index contributed by atoms with van der Waals surface area (Å²) in [7, 11) is 0. The van der Waals surface area contributed by atoms with Crippen LogP contribution in [0.4, 0.5) is 5.69 Å². The Morgan fingerprint density at radius 2 is 1.84 bits per heavy atom. The molecule has 19 heavy (non-hydrogen) atoms. The fraction of sp³-hybridized carbons (Fsp3) is 0.200. The Bertz CT molecular complexity index is 625. The Morgan fingerprint density at radius 1 is 1.00 bits per heavy atom. The van der Waals surface area contributed by atoms with Crippen molar-refractivity contribution in [3.8, 4) is 0 Å². The minimum atomic E-state index is 0.387. The van der Waals surface area contributed by atoms with Gasteiger partial charge in [-0.15, -0.1) is 0 Å². The molecule has 0 heterocycles. The number of hydrogen-bond acceptors (Lipinski definition) is 1. The lowest BCUT2D eigenvalue weighted by molar-refractivity contribution is 0.761. The van der Waals surface area contributed by atoms with E-state index in [9.17, 15) is 0 Å². The number of benzene rings is 2. The Morgan fingerprint density at radius 3 is 2.68 bits per heavy atom. The van der Waals surface area contributed by atoms with E-state index in [1.807, 2.05) is 6.07 Å². The van der Waals surface area contributed by atoms with Gasteiger partial charge in [0.15, 0.2) is 0 Å². The highest BCUT2D eigenvalue weighted by molar-refractivity contribution is 9.11. The van der Waals surface area contributed by atoms with Gasteiger partial charge in [-0.3, -0.25) is 0 Å². The molecule has 0 saturated heterocycles. The first kappa shape index (κ1) is 13.7. The summed E-state index contributed by atoms with van der Waals surface area (Å²) in [6.07, 6.45) is 2.26. The molecule has 1 N–H and O–H groups in total. The molecule has 0 bridgehead atoms. The van der Waals surface area contributed by atoms with Gasteiger partial charge in [0, 0.05) is 13.4 Å². The van der Waals surface area contributed by atoms with Gasteiger partial charge in [-0.2, -0.15) is 0 Å². The highest BCUT2D eigenvalue weighted by atomic mass is 79.9. The van der Waals surface area contributed by atoms with E-state index in [0.717, 1.165) is 27.5 Å². The molecule has 2 aromatic rings. The van der Waals surface area contributed by atoms with Crippen LogP contribution in [-0.2, 0) is 6.42 Å². The molecule has 2 aromatic carbocycles. The standard InChI is InChI=1S/C15H12Br3N/c16-9-4-6-13(18)15(8-9)19-14-7-5-10-11(14)2-1-3-12(10)17/h1-4,6,8,14,19H,5,7H2. The topological polar surface area (TPSA) is 12.0 Å². The highest BCUT2D eigenvalue weighted by Gasteiger charge is 2.24. The van der Waals surface area contributed by atoms with Crippen molar-refractivity contribution in [2.45, 2.75) is 18.9 Å². The maximum absolute atomic E-state index is 3.64. The van der Waals surface area contributed by atoms with Gasteiger partial charge in [-0.25, -0.2) is 0 Å². The molecule has 0 amide bonds. The zero-order chi connectivity index (χ0) is 13.4. The van der Waals surface area contributed by atoms with Crippen LogP contribution in [0.25, 0.3) is 0 Å². The lowest BCUT2D eigenvalue weighted by atomic mass is 10.1. The zero-order valence-electron chi connectivity index (χ0n) is 10.1. The summed E-state index contributed by atoms with van der Waals surface area (Å²) < 4.78 is 3.41. The fourth-order valence-electron chi connectivity index (χ4n) is 2.56. The molecule has 0 aromatic heterocycles. The normalized spacial score (nSPS) is 17.3. The summed E-state index contributed by atoms with van der Waals surface area (Å²) in [6, 6.07) is 13.0. The van der Waals surface area contributed by atoms with E-state index in [1.165, 1.54) is 15.6 Å². The van der Waals surface area contributed by atoms with Crippen molar-refractivity contribution < 1.29 is 0 Å². The number of halogens is 3. The summed E-state index contributed by atoms with van der Waals surface area (Å²) in [5.41, 5.74) is 3.97. The van der Waals surface area contributed by atoms with E-state index in [4.69, 9.17) is 0 Å². The molecule has 1 atom stereocenters. The lowest BCUT2D eigenvalue weighted by Crippen LogP contribution is -2.07. The van der Waals surface area contributed by atoms with Gasteiger partial charge >= 0.3 is 0 Å². The van der Waals surface area contributed by atoms with E-state index in [-0.39, 0.29) is 0 Å². The van der Waals surface area contributed by atoms with Crippen molar-refractivity contribution in [1.82, 2.24) is 0 Å². The molecule has 0 fully saturated rings. The average Bonchev–Trinajstić information content (AvgIpc) is 2.79. The third kappa shape index (κ3) is 2.76. The maximum Gasteiger partial charge on any atom is 0.0520 e. The summed E-state index contributed by atoms with van der Waals surface area (Å²) >= 11 is 10.8. The van der Waals surface area contributed by atoms with E-state index >= 15 is 0 Å². The van der Waals surface area contributed by atoms with Crippen molar-refractivity contribution in [2.75, 3.05) is 5.32 Å². The third-order valence-corrected chi connectivity index (χ3v) is 5.40. The van der Waals surface area contributed by atoms with Gasteiger partial charge in [0.25, 0.3) is 0 Å². The molecular weight excluding hydrogens is 434 g/mol. The van der Waals surface area contributed by atoms with E-state index < -0.39 is 0 Å². The second-order valence-corrected chi connectivity index (χ2v) is 7.29. The second kappa shape index (κ2) is 5.58. The molecule has 1 aliphatic rings. The number of hydrogen-bond donors (Lipinski definition) is 1. The molecule has 0 saturated carbocycles. The van der Waals surface area contributed by atoms with Crippen molar-refractivity contribution >= 4 is 53.5 Å². The first-order chi connectivity index (χ1) is 9.15. The predicted octanol–water partition coefficient (Wildman–Crippen LogP) is 6.07. The van der Waals surface area contributed by atoms with Crippen molar-refractivity contribution in [1.29, 1.82) is 0 Å². The molecule has 0 radical (unpaired) electrons. The molecule has 0 aliphatic heterocycles. The summed E-state index contributed by atoms with van der Waals surface area (Å²) in [6.45, 7) is 0. The monoisotopic (exact) mass is 443 g/mol. The highest BCUT2D eigenvalue weighted by Crippen LogP contribution is 2.39. The van der Waals surface area contributed by atoms with Crippen molar-refractivity contribution in [3.63, 3.8) is 0 Å². The van der Waals surface area contributed by atoms with Crippen LogP contribution in [-0.4, -0.2) is 0 Å². The lowest BCUT2D eigenvalue weighted by Gasteiger charge is -2.17. The van der Waals surface area contributed by atoms with Crippen LogP contribution in [0.5, 0.6) is 0 Å². The van der Waals surface area contributed by atoms with E-state index in [0.29, 0.717) is 6.04 Å². The van der Waals surface area contributed by atoms with Crippen LogP contribution in [0.15, 0.2) is 49.8 Å². The predicted molar refractivity (Wildman–Crippen MR) is 90.7 cm³/mol. The van der Waals surface area contributed by atoms with Crippen LogP contribution in [0.3, 0.4) is 0 Å². The van der Waals surface area contributed by atoms with Gasteiger partial charge in [0.05, 0.1) is 11.7 Å². The van der Waals surface area contributed by atoms with Gasteiger partial charge in [0.2, 0.25) is 0 Å². The summed E-state index contributed by atoms with van der Waals surface area (Å²) in [5, 5.41) is 3.64. The zero-order valence-corrected chi connectivity index (χ0v) is 14.8. The molecule has 4 heteroatoms. The van der Waals surface area contributed by atoms with Gasteiger partial charge in [-0.05, 0) is 64.2 Å². The van der Waals surface area contributed by atoms with Crippen molar-refractivity contribution in [3.05, 3.63) is 60.9 Å². The average molecular weight is 446 g/mol. The molecule has 98 valence electrons. The van der Waals surface area contributed by atoms with Gasteiger partial charge in [-0.1, -0.05) is 44.0 Å². The number of fused-ring (bicyclic) bond motifs is 1. The number of anilines is 1. The van der Waals surface area contributed by atoms with Crippen LogP contribution in [0, 0.1) is 0 Å². The Balaban J connectivity index is 1.91. The second-order valence-electron chi connectivity index (χ2n) is 4.67. The third-order valence-electron chi connectivity index (χ3n) is 3.47. The number of rotatable bonds is 2. The largest absolute Gasteiger partial charge is 0.377 e. The summed E-state index contributed by atoms with van der Waals surface area (Å²) in [4.78, 5) is 0. The van der Waals surface area contributed by atoms with E-state index in [2.05, 4.69) is 83.4 Å². The maximum atomic E-state index is 3.64. The van der Waals surface area contributed by atoms with Gasteiger partial charge < -0.3 is 5.32 Å². The Labute approximate surface area is 138 Å². The van der Waals surface area contributed by atoms with Crippen LogP contribution >= 0.6 is 47.8 Å². The quantitative estimate of drug-likeness (QED) is 0.591. The number of nitrogens with one attached hydrogen (secondary N) is 1. The smallest absolute Gasteiger partial charge is 0.0520 e. The molecule has 0 spiro atoms. The van der Waals surface area contributed by atoms with Crippen molar-refractivity contribution in [2.24, 2.45) is 0 Å². The molecule has 1 unspecified atom stereocenters. The fourth-order valence-corrected chi connectivity index (χ4v) is 3.86.